The zero-order valence-electron chi connectivity index (χ0n) is 8.77. The van der Waals surface area contributed by atoms with Gasteiger partial charge in [0.1, 0.15) is 0 Å². The maximum Gasteiger partial charge on any atom is 0.0605 e. The van der Waals surface area contributed by atoms with Gasteiger partial charge in [-0.25, -0.2) is 0 Å². The van der Waals surface area contributed by atoms with E-state index in [0.29, 0.717) is 12.6 Å². The van der Waals surface area contributed by atoms with Gasteiger partial charge in [-0.2, -0.15) is 0 Å². The molecule has 0 aromatic heterocycles. The van der Waals surface area contributed by atoms with Crippen molar-refractivity contribution in [3.8, 4) is 0 Å². The van der Waals surface area contributed by atoms with Crippen LogP contribution in [0.3, 0.4) is 0 Å². The van der Waals surface area contributed by atoms with Crippen LogP contribution in [0.1, 0.15) is 0 Å². The van der Waals surface area contributed by atoms with E-state index in [2.05, 4.69) is 48.2 Å². The number of nitrogens with zero attached hydrogens (tertiary/aromatic N) is 2. The van der Waals surface area contributed by atoms with Crippen LogP contribution < -0.4 is 15.5 Å². The zero-order chi connectivity index (χ0) is 10.1. The van der Waals surface area contributed by atoms with Gasteiger partial charge in [-0.15, -0.1) is 0 Å². The lowest BCUT2D eigenvalue weighted by atomic mass is 10.1. The Labute approximate surface area is 85.1 Å². The van der Waals surface area contributed by atoms with Gasteiger partial charge in [-0.1, -0.05) is 12.1 Å². The minimum absolute atomic E-state index is 0.426. The average molecular weight is 191 g/mol. The van der Waals surface area contributed by atoms with E-state index in [1.807, 2.05) is 0 Å². The highest BCUT2D eigenvalue weighted by Crippen LogP contribution is 2.32. The van der Waals surface area contributed by atoms with E-state index in [0.717, 1.165) is 6.54 Å². The van der Waals surface area contributed by atoms with Gasteiger partial charge >= 0.3 is 0 Å². The Morgan fingerprint density at radius 3 is 2.57 bits per heavy atom. The second-order valence-corrected chi connectivity index (χ2v) is 3.87. The Morgan fingerprint density at radius 2 is 1.93 bits per heavy atom. The lowest BCUT2D eigenvalue weighted by Crippen LogP contribution is -2.49. The van der Waals surface area contributed by atoms with Crippen LogP contribution in [0.4, 0.5) is 11.4 Å². The minimum atomic E-state index is 0.426. The van der Waals surface area contributed by atoms with Crippen molar-refractivity contribution >= 4 is 11.4 Å². The van der Waals surface area contributed by atoms with Crippen molar-refractivity contribution in [1.29, 1.82) is 0 Å². The molecule has 76 valence electrons. The Morgan fingerprint density at radius 1 is 1.29 bits per heavy atom. The van der Waals surface area contributed by atoms with Crippen LogP contribution in [0, 0.1) is 0 Å². The van der Waals surface area contributed by atoms with E-state index >= 15 is 0 Å². The molecule has 0 radical (unpaired) electrons. The summed E-state index contributed by atoms with van der Waals surface area (Å²) in [5.74, 6) is 0. The van der Waals surface area contributed by atoms with Gasteiger partial charge in [-0.3, -0.25) is 0 Å². The third-order valence-corrected chi connectivity index (χ3v) is 2.98. The van der Waals surface area contributed by atoms with Crippen molar-refractivity contribution in [3.05, 3.63) is 24.3 Å². The predicted octanol–water partition coefficient (Wildman–Crippen LogP) is 0.900. The molecule has 2 N–H and O–H groups in total. The number of anilines is 2. The number of nitrogens with two attached hydrogens (primary N) is 1. The first-order valence-corrected chi connectivity index (χ1v) is 4.97. The van der Waals surface area contributed by atoms with E-state index in [1.165, 1.54) is 11.4 Å². The largest absolute Gasteiger partial charge is 0.371 e. The highest BCUT2D eigenvalue weighted by molar-refractivity contribution is 5.73. The van der Waals surface area contributed by atoms with Crippen LogP contribution in [0.15, 0.2) is 24.3 Å². The Bertz CT molecular complexity index is 324. The molecule has 0 aliphatic carbocycles. The number of hydrogen-bond donors (Lipinski definition) is 1. The van der Waals surface area contributed by atoms with Crippen molar-refractivity contribution in [2.45, 2.75) is 6.04 Å². The Kier molecular flexibility index (Phi) is 2.33. The summed E-state index contributed by atoms with van der Waals surface area (Å²) >= 11 is 0. The third-order valence-electron chi connectivity index (χ3n) is 2.98. The van der Waals surface area contributed by atoms with Crippen LogP contribution in [-0.2, 0) is 0 Å². The third kappa shape index (κ3) is 1.34. The second-order valence-electron chi connectivity index (χ2n) is 3.87. The summed E-state index contributed by atoms with van der Waals surface area (Å²) in [5, 5.41) is 0. The topological polar surface area (TPSA) is 32.5 Å². The second kappa shape index (κ2) is 3.50. The normalized spacial score (nSPS) is 20.9. The summed E-state index contributed by atoms with van der Waals surface area (Å²) in [6.45, 7) is 1.71. The fourth-order valence-corrected chi connectivity index (χ4v) is 2.05. The van der Waals surface area contributed by atoms with Crippen LogP contribution in [0.25, 0.3) is 0 Å². The molecule has 1 aliphatic rings. The summed E-state index contributed by atoms with van der Waals surface area (Å²) in [7, 11) is 4.23. The molecular weight excluding hydrogens is 174 g/mol. The first-order chi connectivity index (χ1) is 6.74. The molecule has 1 aromatic rings. The summed E-state index contributed by atoms with van der Waals surface area (Å²) in [4.78, 5) is 4.54. The average Bonchev–Trinajstić information content (AvgIpc) is 2.23. The molecule has 2 rings (SSSR count). The number of rotatable bonds is 1. The molecule has 0 fully saturated rings. The molecule has 3 heteroatoms. The monoisotopic (exact) mass is 191 g/mol. The van der Waals surface area contributed by atoms with Crippen molar-refractivity contribution in [2.75, 3.05) is 37.0 Å². The van der Waals surface area contributed by atoms with Gasteiger partial charge in [0, 0.05) is 27.2 Å². The van der Waals surface area contributed by atoms with E-state index in [-0.39, 0.29) is 0 Å². The zero-order valence-corrected chi connectivity index (χ0v) is 8.77. The van der Waals surface area contributed by atoms with Gasteiger partial charge in [0.25, 0.3) is 0 Å². The molecule has 1 unspecified atom stereocenters. The number of fused-ring (bicyclic) bond motifs is 1. The van der Waals surface area contributed by atoms with Gasteiger partial charge in [0.2, 0.25) is 0 Å². The van der Waals surface area contributed by atoms with Crippen LogP contribution in [0.2, 0.25) is 0 Å². The summed E-state index contributed by atoms with van der Waals surface area (Å²) < 4.78 is 0. The smallest absolute Gasteiger partial charge is 0.0605 e. The van der Waals surface area contributed by atoms with E-state index in [4.69, 9.17) is 5.73 Å². The van der Waals surface area contributed by atoms with Gasteiger partial charge in [0.05, 0.1) is 17.4 Å². The maximum atomic E-state index is 5.74. The molecular formula is C11H17N3. The van der Waals surface area contributed by atoms with Gasteiger partial charge < -0.3 is 15.5 Å². The van der Waals surface area contributed by atoms with Crippen molar-refractivity contribution in [3.63, 3.8) is 0 Å². The lowest BCUT2D eigenvalue weighted by molar-refractivity contribution is 0.609. The standard InChI is InChI=1S/C11H17N3/c1-13-8-9(7-12)14(2)11-6-4-3-5-10(11)13/h3-6,9H,7-8,12H2,1-2H3. The summed E-state index contributed by atoms with van der Waals surface area (Å²) in [6.07, 6.45) is 0. The van der Waals surface area contributed by atoms with Gasteiger partial charge in [-0.05, 0) is 12.1 Å². The van der Waals surface area contributed by atoms with Crippen LogP contribution in [0.5, 0.6) is 0 Å². The molecule has 0 saturated heterocycles. The predicted molar refractivity (Wildman–Crippen MR) is 61.0 cm³/mol. The fourth-order valence-electron chi connectivity index (χ4n) is 2.05. The van der Waals surface area contributed by atoms with Crippen molar-refractivity contribution in [2.24, 2.45) is 5.73 Å². The van der Waals surface area contributed by atoms with E-state index < -0.39 is 0 Å². The van der Waals surface area contributed by atoms with E-state index in [9.17, 15) is 0 Å². The summed E-state index contributed by atoms with van der Waals surface area (Å²) in [6, 6.07) is 8.87. The molecule has 1 aliphatic heterocycles. The molecule has 0 saturated carbocycles. The number of benzene rings is 1. The molecule has 0 bridgehead atoms. The van der Waals surface area contributed by atoms with Crippen LogP contribution in [-0.4, -0.2) is 33.2 Å². The molecule has 14 heavy (non-hydrogen) atoms. The molecule has 0 spiro atoms. The Balaban J connectivity index is 2.41. The Hall–Kier alpha value is -1.22. The van der Waals surface area contributed by atoms with Crippen LogP contribution >= 0.6 is 0 Å². The van der Waals surface area contributed by atoms with E-state index in [1.54, 1.807) is 0 Å². The van der Waals surface area contributed by atoms with Crippen molar-refractivity contribution < 1.29 is 0 Å². The first kappa shape index (κ1) is 9.34. The molecule has 3 nitrogen and oxygen atoms in total. The molecule has 0 amide bonds. The highest BCUT2D eigenvalue weighted by atomic mass is 15.3. The molecule has 1 heterocycles. The minimum Gasteiger partial charge on any atom is -0.371 e. The lowest BCUT2D eigenvalue weighted by Gasteiger charge is -2.40. The fraction of sp³-hybridized carbons (Fsp3) is 0.455. The maximum absolute atomic E-state index is 5.74. The van der Waals surface area contributed by atoms with Gasteiger partial charge in [0.15, 0.2) is 0 Å². The number of para-hydroxylation sites is 2. The first-order valence-electron chi connectivity index (χ1n) is 4.97. The molecule has 1 aromatic carbocycles. The number of likely N-dealkylation sites (N-methyl/N-ethyl adjacent to an activating group) is 2. The quantitative estimate of drug-likeness (QED) is 0.716. The highest BCUT2D eigenvalue weighted by Gasteiger charge is 2.24. The van der Waals surface area contributed by atoms with Crippen molar-refractivity contribution in [1.82, 2.24) is 0 Å². The SMILES string of the molecule is CN1CC(CN)N(C)c2ccccc21. The number of hydrogen-bond acceptors (Lipinski definition) is 3. The molecule has 1 atom stereocenters. The summed E-state index contributed by atoms with van der Waals surface area (Å²) in [5.41, 5.74) is 8.31.